The lowest BCUT2D eigenvalue weighted by Crippen LogP contribution is -2.38. The van der Waals surface area contributed by atoms with Gasteiger partial charge in [-0.25, -0.2) is 28.8 Å². The maximum atomic E-state index is 13.2. The van der Waals surface area contributed by atoms with Crippen LogP contribution >= 0.6 is 0 Å². The zero-order valence-corrected chi connectivity index (χ0v) is 40.0. The molecule has 70 heavy (non-hydrogen) atoms. The molecule has 4 rings (SSSR count). The maximum absolute atomic E-state index is 13.2. The third-order valence-electron chi connectivity index (χ3n) is 9.90. The molecule has 2 heterocycles. The fourth-order valence-corrected chi connectivity index (χ4v) is 6.38. The predicted octanol–water partition coefficient (Wildman–Crippen LogP) is 7.75. The number of hydrogen-bond acceptors (Lipinski definition) is 10. The number of aliphatic carboxylic acids is 6. The van der Waals surface area contributed by atoms with Crippen LogP contribution in [0.1, 0.15) is 89.5 Å². The molecule has 0 aromatic heterocycles. The Balaban J connectivity index is 0.000000938. The number of nitrogens with one attached hydrogen (secondary N) is 2. The van der Waals surface area contributed by atoms with Gasteiger partial charge in [0.15, 0.2) is 0 Å². The van der Waals surface area contributed by atoms with Gasteiger partial charge < -0.3 is 41.3 Å². The van der Waals surface area contributed by atoms with E-state index in [0.717, 1.165) is 65.0 Å². The highest BCUT2D eigenvalue weighted by Crippen LogP contribution is 2.34. The minimum absolute atomic E-state index is 0.174. The lowest BCUT2D eigenvalue weighted by atomic mass is 9.91. The van der Waals surface area contributed by atoms with Crippen LogP contribution in [0.25, 0.3) is 0 Å². The molecule has 2 aliphatic heterocycles. The molecule has 2 aromatic rings. The minimum atomic E-state index is -4.29. The van der Waals surface area contributed by atoms with E-state index in [1.807, 2.05) is 0 Å². The van der Waals surface area contributed by atoms with Crippen LogP contribution in [0.2, 0.25) is 0 Å². The number of carboxylic acids is 6. The fourth-order valence-electron chi connectivity index (χ4n) is 6.38. The van der Waals surface area contributed by atoms with Crippen molar-refractivity contribution in [2.75, 3.05) is 39.3 Å². The third kappa shape index (κ3) is 31.9. The number of halogens is 6. The summed E-state index contributed by atoms with van der Waals surface area (Å²) in [6.45, 7) is 19.0. The van der Waals surface area contributed by atoms with Crippen LogP contribution in [0.3, 0.4) is 0 Å². The van der Waals surface area contributed by atoms with Crippen molar-refractivity contribution in [3.05, 3.63) is 107 Å². The average molecular weight is 1010 g/mol. The first-order chi connectivity index (χ1) is 32.2. The Labute approximate surface area is 403 Å². The maximum Gasteiger partial charge on any atom is 0.416 e. The van der Waals surface area contributed by atoms with E-state index in [4.69, 9.17) is 30.6 Å². The number of alkyl halides is 6. The number of benzene rings is 2. The largest absolute Gasteiger partial charge is 0.478 e. The highest BCUT2D eigenvalue weighted by molar-refractivity contribution is 5.90. The summed E-state index contributed by atoms with van der Waals surface area (Å²) in [4.78, 5) is 61.8. The Morgan fingerprint density at radius 3 is 0.957 bits per heavy atom. The normalized spacial score (nSPS) is 16.1. The Hall–Kier alpha value is -6.10. The van der Waals surface area contributed by atoms with E-state index in [0.29, 0.717) is 72.8 Å². The summed E-state index contributed by atoms with van der Waals surface area (Å²) in [6.07, 6.45) is -1.30. The Bertz CT molecular complexity index is 1830. The molecule has 2 aromatic carbocycles. The van der Waals surface area contributed by atoms with Gasteiger partial charge in [-0.05, 0) is 86.0 Å². The van der Waals surface area contributed by atoms with Crippen LogP contribution in [-0.2, 0) is 54.2 Å². The van der Waals surface area contributed by atoms with Gasteiger partial charge >= 0.3 is 48.2 Å². The number of carbonyl (C=O) groups is 6. The molecule has 2 fully saturated rings. The van der Waals surface area contributed by atoms with Crippen LogP contribution in [0, 0.1) is 10.8 Å². The monoisotopic (exact) mass is 1000 g/mol. The van der Waals surface area contributed by atoms with E-state index in [2.05, 4.69) is 62.0 Å². The van der Waals surface area contributed by atoms with Gasteiger partial charge in [-0.3, -0.25) is 9.80 Å². The van der Waals surface area contributed by atoms with E-state index < -0.39 is 59.3 Å². The summed E-state index contributed by atoms with van der Waals surface area (Å²) in [7, 11) is 0. The van der Waals surface area contributed by atoms with Gasteiger partial charge in [0.25, 0.3) is 0 Å². The molecule has 0 saturated carbocycles. The molecule has 2 saturated heterocycles. The number of carboxylic acid groups (broad SMARTS) is 6. The molecule has 0 bridgehead atoms. The molecule has 2 aliphatic rings. The number of nitrogens with zero attached hydrogens (tertiary/aromatic N) is 2. The van der Waals surface area contributed by atoms with Crippen molar-refractivity contribution in [2.24, 2.45) is 10.8 Å². The first-order valence-corrected chi connectivity index (χ1v) is 21.8. The van der Waals surface area contributed by atoms with Crippen molar-refractivity contribution in [2.45, 2.75) is 105 Å². The minimum Gasteiger partial charge on any atom is -0.478 e. The van der Waals surface area contributed by atoms with E-state index in [9.17, 15) is 55.1 Å². The molecule has 392 valence electrons. The second-order valence-corrected chi connectivity index (χ2v) is 18.2. The standard InChI is InChI=1S/2C18H27F3N2.3C4H4O4/c2*1-17(2,3)9-11-23(15-8-10-22-12-15)13-14-6-4-5-7-16(14)18(19,20)21;3*5-3(6)1-2-4(7)8/h2*4-7,15,22H,8-13H2,1-3H3;3*1-2H,(H,5,6)(H,7,8)/b;;3*2-1+/t2*15-;;;/m00.../s1. The summed E-state index contributed by atoms with van der Waals surface area (Å²) >= 11 is 0. The second-order valence-electron chi connectivity index (χ2n) is 18.2. The number of rotatable bonds is 16. The fraction of sp³-hybridized carbons (Fsp3) is 0.500. The van der Waals surface area contributed by atoms with Crippen molar-refractivity contribution < 1.29 is 85.7 Å². The lowest BCUT2D eigenvalue weighted by Gasteiger charge is -2.32. The topological polar surface area (TPSA) is 254 Å². The molecule has 0 radical (unpaired) electrons. The summed E-state index contributed by atoms with van der Waals surface area (Å²) < 4.78 is 79.3. The first kappa shape index (κ1) is 63.9. The van der Waals surface area contributed by atoms with Crippen molar-refractivity contribution in [3.8, 4) is 0 Å². The molecular formula is C48H66F6N4O12. The first-order valence-electron chi connectivity index (χ1n) is 21.8. The Morgan fingerprint density at radius 1 is 0.500 bits per heavy atom. The molecule has 22 heteroatoms. The van der Waals surface area contributed by atoms with E-state index >= 15 is 0 Å². The van der Waals surface area contributed by atoms with Crippen molar-refractivity contribution in [1.29, 1.82) is 0 Å². The van der Waals surface area contributed by atoms with E-state index in [-0.39, 0.29) is 10.8 Å². The van der Waals surface area contributed by atoms with Gasteiger partial charge in [0.2, 0.25) is 0 Å². The smallest absolute Gasteiger partial charge is 0.416 e. The quantitative estimate of drug-likeness (QED) is 0.0591. The third-order valence-corrected chi connectivity index (χ3v) is 9.90. The molecule has 16 nitrogen and oxygen atoms in total. The van der Waals surface area contributed by atoms with E-state index in [1.165, 1.54) is 24.3 Å². The van der Waals surface area contributed by atoms with Crippen LogP contribution in [0.5, 0.6) is 0 Å². The van der Waals surface area contributed by atoms with Crippen molar-refractivity contribution >= 4 is 35.8 Å². The molecule has 0 amide bonds. The Morgan fingerprint density at radius 2 is 0.757 bits per heavy atom. The summed E-state index contributed by atoms with van der Waals surface area (Å²) in [5, 5.41) is 53.5. The highest BCUT2D eigenvalue weighted by atomic mass is 19.4. The van der Waals surface area contributed by atoms with Gasteiger partial charge in [0, 0.05) is 74.7 Å². The summed E-state index contributed by atoms with van der Waals surface area (Å²) in [6, 6.07) is 12.5. The lowest BCUT2D eigenvalue weighted by molar-refractivity contribution is -0.139. The van der Waals surface area contributed by atoms with Gasteiger partial charge in [0.05, 0.1) is 11.1 Å². The van der Waals surface area contributed by atoms with Gasteiger partial charge in [0.1, 0.15) is 0 Å². The van der Waals surface area contributed by atoms with Gasteiger partial charge in [-0.1, -0.05) is 77.9 Å². The summed E-state index contributed by atoms with van der Waals surface area (Å²) in [5.74, 6) is -7.54. The summed E-state index contributed by atoms with van der Waals surface area (Å²) in [5.41, 5.74) is 0.0850. The van der Waals surface area contributed by atoms with Crippen LogP contribution in [0.4, 0.5) is 26.3 Å². The molecule has 0 aliphatic carbocycles. The number of hydrogen-bond donors (Lipinski definition) is 8. The Kier molecular flexibility index (Phi) is 28.5. The molecular weight excluding hydrogens is 939 g/mol. The molecule has 2 atom stereocenters. The SMILES string of the molecule is CC(C)(C)CCN(Cc1ccccc1C(F)(F)F)[C@H]1CCNC1.CC(C)(C)CCN(Cc1ccccc1C(F)(F)F)[C@H]1CCNC1.O=C(O)/C=C/C(=O)O.O=C(O)/C=C/C(=O)O.O=C(O)/C=C/C(=O)O. The van der Waals surface area contributed by atoms with Crippen LogP contribution in [-0.4, -0.2) is 128 Å². The predicted molar refractivity (Wildman–Crippen MR) is 248 cm³/mol. The van der Waals surface area contributed by atoms with Gasteiger partial charge in [-0.2, -0.15) is 26.3 Å². The second kappa shape index (κ2) is 31.2. The molecule has 0 spiro atoms. The average Bonchev–Trinajstić information content (AvgIpc) is 3.98. The zero-order valence-electron chi connectivity index (χ0n) is 40.0. The van der Waals surface area contributed by atoms with E-state index in [1.54, 1.807) is 24.3 Å². The molecule has 8 N–H and O–H groups in total. The zero-order chi connectivity index (χ0) is 53.9. The van der Waals surface area contributed by atoms with Crippen LogP contribution < -0.4 is 10.6 Å². The van der Waals surface area contributed by atoms with Crippen molar-refractivity contribution in [3.63, 3.8) is 0 Å². The van der Waals surface area contributed by atoms with Gasteiger partial charge in [-0.15, -0.1) is 0 Å². The van der Waals surface area contributed by atoms with Crippen LogP contribution in [0.15, 0.2) is 85.0 Å². The molecule has 0 unspecified atom stereocenters. The highest BCUT2D eigenvalue weighted by Gasteiger charge is 2.35. The van der Waals surface area contributed by atoms with Crippen molar-refractivity contribution in [1.82, 2.24) is 20.4 Å².